The van der Waals surface area contributed by atoms with E-state index in [1.165, 1.54) is 0 Å². The van der Waals surface area contributed by atoms with Gasteiger partial charge in [0, 0.05) is 24.8 Å². The van der Waals surface area contributed by atoms with Gasteiger partial charge in [0.2, 0.25) is 10.9 Å². The van der Waals surface area contributed by atoms with E-state index in [1.54, 1.807) is 18.7 Å². The number of nitrogens with zero attached hydrogens (tertiary/aromatic N) is 2. The molecule has 2 rings (SSSR count). The summed E-state index contributed by atoms with van der Waals surface area (Å²) in [7, 11) is -2.14. The predicted octanol–water partition coefficient (Wildman–Crippen LogP) is 0.807. The number of rotatable bonds is 5. The maximum Gasteiger partial charge on any atom is 0.371 e. The fourth-order valence-corrected chi connectivity index (χ4v) is 2.81. The van der Waals surface area contributed by atoms with Crippen molar-refractivity contribution in [2.24, 2.45) is 7.05 Å². The quantitative estimate of drug-likeness (QED) is 0.844. The van der Waals surface area contributed by atoms with Crippen LogP contribution in [0.25, 0.3) is 0 Å². The van der Waals surface area contributed by atoms with Gasteiger partial charge in [-0.2, -0.15) is 5.10 Å². The molecule has 2 aromatic rings. The molecule has 0 fully saturated rings. The molecule has 0 saturated heterocycles. The molecular formula is C12H15N3O5S. The van der Waals surface area contributed by atoms with Crippen molar-refractivity contribution in [2.75, 3.05) is 0 Å². The Kier molecular flexibility index (Phi) is 3.88. The Morgan fingerprint density at radius 1 is 1.43 bits per heavy atom. The van der Waals surface area contributed by atoms with Gasteiger partial charge < -0.3 is 9.52 Å². The summed E-state index contributed by atoms with van der Waals surface area (Å²) < 4.78 is 32.9. The Morgan fingerprint density at radius 3 is 2.57 bits per heavy atom. The molecule has 2 aromatic heterocycles. The molecule has 0 aliphatic heterocycles. The number of carboxylic acids is 1. The first-order valence-corrected chi connectivity index (χ1v) is 7.52. The van der Waals surface area contributed by atoms with Crippen molar-refractivity contribution in [3.63, 3.8) is 0 Å². The fourth-order valence-electron chi connectivity index (χ4n) is 1.89. The molecule has 9 heteroatoms. The predicted molar refractivity (Wildman–Crippen MR) is 72.4 cm³/mol. The van der Waals surface area contributed by atoms with Crippen molar-refractivity contribution in [1.29, 1.82) is 0 Å². The van der Waals surface area contributed by atoms with Crippen molar-refractivity contribution in [3.8, 4) is 0 Å². The van der Waals surface area contributed by atoms with Crippen LogP contribution < -0.4 is 4.72 Å². The number of aromatic nitrogens is 2. The lowest BCUT2D eigenvalue weighted by Crippen LogP contribution is -2.23. The second-order valence-corrected chi connectivity index (χ2v) is 6.22. The monoisotopic (exact) mass is 313 g/mol. The summed E-state index contributed by atoms with van der Waals surface area (Å²) in [6.45, 7) is 3.67. The zero-order valence-corrected chi connectivity index (χ0v) is 12.6. The van der Waals surface area contributed by atoms with E-state index in [0.717, 1.165) is 29.1 Å². The van der Waals surface area contributed by atoms with Gasteiger partial charge in [0.1, 0.15) is 0 Å². The number of aryl methyl sites for hydroxylation is 2. The summed E-state index contributed by atoms with van der Waals surface area (Å²) in [6.07, 6.45) is 0. The number of sulfonamides is 1. The van der Waals surface area contributed by atoms with Crippen molar-refractivity contribution < 1.29 is 22.7 Å². The van der Waals surface area contributed by atoms with Crippen LogP contribution in [0.15, 0.2) is 21.6 Å². The Labute approximate surface area is 121 Å². The third-order valence-electron chi connectivity index (χ3n) is 3.15. The third-order valence-corrected chi connectivity index (χ3v) is 4.43. The minimum absolute atomic E-state index is 0.0525. The van der Waals surface area contributed by atoms with Crippen LogP contribution in [0.5, 0.6) is 0 Å². The van der Waals surface area contributed by atoms with Gasteiger partial charge in [0.25, 0.3) is 10.0 Å². The van der Waals surface area contributed by atoms with Gasteiger partial charge in [-0.05, 0) is 26.0 Å². The van der Waals surface area contributed by atoms with E-state index in [1.807, 2.05) is 6.92 Å². The van der Waals surface area contributed by atoms with E-state index in [4.69, 9.17) is 9.52 Å². The second kappa shape index (κ2) is 5.34. The molecule has 2 N–H and O–H groups in total. The van der Waals surface area contributed by atoms with Crippen LogP contribution in [0.2, 0.25) is 0 Å². The average Bonchev–Trinajstić information content (AvgIpc) is 2.96. The van der Waals surface area contributed by atoms with E-state index in [0.29, 0.717) is 0 Å². The minimum Gasteiger partial charge on any atom is -0.475 e. The molecule has 0 aliphatic rings. The Balaban J connectivity index is 2.19. The van der Waals surface area contributed by atoms with Crippen molar-refractivity contribution in [2.45, 2.75) is 25.5 Å². The minimum atomic E-state index is -3.91. The van der Waals surface area contributed by atoms with E-state index in [-0.39, 0.29) is 6.54 Å². The molecule has 8 nitrogen and oxygen atoms in total. The van der Waals surface area contributed by atoms with E-state index in [2.05, 4.69) is 9.82 Å². The van der Waals surface area contributed by atoms with E-state index in [9.17, 15) is 13.2 Å². The number of carboxylic acid groups (broad SMARTS) is 1. The van der Waals surface area contributed by atoms with Gasteiger partial charge in [-0.15, -0.1) is 0 Å². The summed E-state index contributed by atoms with van der Waals surface area (Å²) in [4.78, 5) is 10.7. The van der Waals surface area contributed by atoms with Gasteiger partial charge in [-0.3, -0.25) is 4.68 Å². The number of hydrogen-bond acceptors (Lipinski definition) is 5. The number of hydrogen-bond donors (Lipinski definition) is 2. The highest BCUT2D eigenvalue weighted by Gasteiger charge is 2.22. The highest BCUT2D eigenvalue weighted by atomic mass is 32.2. The molecule has 0 amide bonds. The highest BCUT2D eigenvalue weighted by molar-refractivity contribution is 7.89. The zero-order valence-electron chi connectivity index (χ0n) is 11.7. The maximum absolute atomic E-state index is 12.0. The van der Waals surface area contributed by atoms with Crippen molar-refractivity contribution in [3.05, 3.63) is 34.8 Å². The first-order chi connectivity index (χ1) is 9.72. The molecule has 2 heterocycles. The van der Waals surface area contributed by atoms with Gasteiger partial charge >= 0.3 is 5.97 Å². The standard InChI is InChI=1S/C12H15N3O5S/c1-7-9(8(2)15(3)14-7)6-13-21(18,19)11-5-4-10(20-11)12(16)17/h4-5,13H,6H2,1-3H3,(H,16,17). The largest absolute Gasteiger partial charge is 0.475 e. The summed E-state index contributed by atoms with van der Waals surface area (Å²) in [6, 6.07) is 2.20. The Hall–Kier alpha value is -2.13. The number of furan rings is 1. The first kappa shape index (κ1) is 15.3. The van der Waals surface area contributed by atoms with Crippen LogP contribution in [0.1, 0.15) is 27.5 Å². The summed E-state index contributed by atoms with van der Waals surface area (Å²) in [5.41, 5.74) is 2.34. The van der Waals surface area contributed by atoms with Gasteiger partial charge in [-0.25, -0.2) is 17.9 Å². The molecule has 0 spiro atoms. The lowest BCUT2D eigenvalue weighted by Gasteiger charge is -2.05. The molecule has 0 aliphatic carbocycles. The van der Waals surface area contributed by atoms with Crippen LogP contribution in [-0.2, 0) is 23.6 Å². The normalized spacial score (nSPS) is 11.8. The smallest absolute Gasteiger partial charge is 0.371 e. The first-order valence-electron chi connectivity index (χ1n) is 6.04. The Bertz CT molecular complexity index is 788. The molecule has 0 bridgehead atoms. The molecular weight excluding hydrogens is 298 g/mol. The van der Waals surface area contributed by atoms with E-state index < -0.39 is 26.8 Å². The Morgan fingerprint density at radius 2 is 2.10 bits per heavy atom. The highest BCUT2D eigenvalue weighted by Crippen LogP contribution is 2.16. The van der Waals surface area contributed by atoms with Crippen LogP contribution in [-0.4, -0.2) is 29.3 Å². The molecule has 0 radical (unpaired) electrons. The SMILES string of the molecule is Cc1nn(C)c(C)c1CNS(=O)(=O)c1ccc(C(=O)O)o1. The molecule has 0 unspecified atom stereocenters. The summed E-state index contributed by atoms with van der Waals surface area (Å²) in [5.74, 6) is -1.75. The molecule has 0 saturated carbocycles. The lowest BCUT2D eigenvalue weighted by atomic mass is 10.2. The number of nitrogens with one attached hydrogen (secondary N) is 1. The molecule has 0 aromatic carbocycles. The third kappa shape index (κ3) is 2.98. The molecule has 0 atom stereocenters. The zero-order chi connectivity index (χ0) is 15.8. The fraction of sp³-hybridized carbons (Fsp3) is 0.333. The lowest BCUT2D eigenvalue weighted by molar-refractivity contribution is 0.0656. The van der Waals surface area contributed by atoms with E-state index >= 15 is 0 Å². The van der Waals surface area contributed by atoms with Crippen LogP contribution >= 0.6 is 0 Å². The molecule has 114 valence electrons. The summed E-state index contributed by atoms with van der Waals surface area (Å²) in [5, 5.41) is 12.5. The maximum atomic E-state index is 12.0. The second-order valence-electron chi connectivity index (χ2n) is 4.52. The summed E-state index contributed by atoms with van der Waals surface area (Å²) >= 11 is 0. The topological polar surface area (TPSA) is 114 Å². The number of aromatic carboxylic acids is 1. The van der Waals surface area contributed by atoms with Crippen molar-refractivity contribution in [1.82, 2.24) is 14.5 Å². The van der Waals surface area contributed by atoms with Gasteiger partial charge in [0.15, 0.2) is 0 Å². The number of carbonyl (C=O) groups is 1. The van der Waals surface area contributed by atoms with Gasteiger partial charge in [-0.1, -0.05) is 0 Å². The van der Waals surface area contributed by atoms with Crippen LogP contribution in [0.3, 0.4) is 0 Å². The van der Waals surface area contributed by atoms with Crippen LogP contribution in [0, 0.1) is 13.8 Å². The van der Waals surface area contributed by atoms with Gasteiger partial charge in [0.05, 0.1) is 5.69 Å². The average molecular weight is 313 g/mol. The van der Waals surface area contributed by atoms with Crippen molar-refractivity contribution >= 4 is 16.0 Å². The van der Waals surface area contributed by atoms with Crippen LogP contribution in [0.4, 0.5) is 0 Å². The molecule has 21 heavy (non-hydrogen) atoms.